The van der Waals surface area contributed by atoms with Gasteiger partial charge in [0.2, 0.25) is 15.9 Å². The van der Waals surface area contributed by atoms with E-state index in [4.69, 9.17) is 4.74 Å². The molecule has 0 saturated carbocycles. The van der Waals surface area contributed by atoms with Crippen LogP contribution in [0.25, 0.3) is 0 Å². The van der Waals surface area contributed by atoms with Crippen LogP contribution in [0.2, 0.25) is 0 Å². The third-order valence-corrected chi connectivity index (χ3v) is 7.90. The summed E-state index contributed by atoms with van der Waals surface area (Å²) in [6.07, 6.45) is 6.41. The predicted octanol–water partition coefficient (Wildman–Crippen LogP) is 5.78. The van der Waals surface area contributed by atoms with Crippen LogP contribution in [0.4, 0.5) is 5.69 Å². The quantitative estimate of drug-likeness (QED) is 0.399. The molecular weight excluding hydrogens is 472 g/mol. The summed E-state index contributed by atoms with van der Waals surface area (Å²) in [6.45, 7) is 3.64. The fourth-order valence-corrected chi connectivity index (χ4v) is 5.95. The van der Waals surface area contributed by atoms with Crippen molar-refractivity contribution < 1.29 is 17.9 Å². The number of carbonyl (C=O) groups is 1. The van der Waals surface area contributed by atoms with Gasteiger partial charge in [-0.3, -0.25) is 9.10 Å². The van der Waals surface area contributed by atoms with Crippen molar-refractivity contribution in [3.63, 3.8) is 0 Å². The molecule has 1 aliphatic carbocycles. The van der Waals surface area contributed by atoms with E-state index in [0.717, 1.165) is 29.0 Å². The number of rotatable bonds is 9. The summed E-state index contributed by atoms with van der Waals surface area (Å²) in [5.41, 5.74) is 4.21. The Kier molecular flexibility index (Phi) is 7.99. The summed E-state index contributed by atoms with van der Waals surface area (Å²) in [7, 11) is -3.72. The van der Waals surface area contributed by atoms with Crippen LogP contribution >= 0.6 is 0 Å². The average Bonchev–Trinajstić information content (AvgIpc) is 2.87. The van der Waals surface area contributed by atoms with Gasteiger partial charge in [-0.2, -0.15) is 0 Å². The van der Waals surface area contributed by atoms with E-state index in [1.165, 1.54) is 24.0 Å². The molecule has 36 heavy (non-hydrogen) atoms. The molecule has 0 spiro atoms. The molecule has 1 amide bonds. The maximum atomic E-state index is 13.3. The van der Waals surface area contributed by atoms with Crippen LogP contribution in [0, 0.1) is 0 Å². The van der Waals surface area contributed by atoms with E-state index < -0.39 is 16.1 Å². The van der Waals surface area contributed by atoms with E-state index in [0.29, 0.717) is 23.6 Å². The molecule has 0 fully saturated rings. The standard InChI is InChI=1S/C29H34N2O4S/c1-4-28(24-15-14-22-10-8-9-11-23(22)20-24)30-29(32)21(2)31(36(3,33)34)25-16-18-27(19-17-25)35-26-12-6-5-7-13-26/h5-7,12-21,28H,4,8-11H2,1-3H3,(H,30,32)/t21-,28-/m0/s1. The van der Waals surface area contributed by atoms with Gasteiger partial charge in [-0.25, -0.2) is 8.42 Å². The van der Waals surface area contributed by atoms with Crippen molar-refractivity contribution in [2.45, 2.75) is 58.0 Å². The molecule has 4 rings (SSSR count). The van der Waals surface area contributed by atoms with Crippen molar-refractivity contribution in [3.8, 4) is 11.5 Å². The smallest absolute Gasteiger partial charge is 0.244 e. The first kappa shape index (κ1) is 25.8. The van der Waals surface area contributed by atoms with Gasteiger partial charge >= 0.3 is 0 Å². The molecule has 1 N–H and O–H groups in total. The highest BCUT2D eigenvalue weighted by atomic mass is 32.2. The summed E-state index contributed by atoms with van der Waals surface area (Å²) in [5, 5.41) is 3.09. The van der Waals surface area contributed by atoms with Crippen molar-refractivity contribution in [3.05, 3.63) is 89.5 Å². The number of anilines is 1. The minimum Gasteiger partial charge on any atom is -0.457 e. The lowest BCUT2D eigenvalue weighted by molar-refractivity contribution is -0.122. The van der Waals surface area contributed by atoms with Crippen molar-refractivity contribution in [2.24, 2.45) is 0 Å². The first-order valence-corrected chi connectivity index (χ1v) is 14.4. The van der Waals surface area contributed by atoms with Crippen molar-refractivity contribution >= 4 is 21.6 Å². The highest BCUT2D eigenvalue weighted by Gasteiger charge is 2.30. The Morgan fingerprint density at radius 1 is 0.944 bits per heavy atom. The second-order valence-corrected chi connectivity index (χ2v) is 11.2. The third-order valence-electron chi connectivity index (χ3n) is 6.66. The first-order chi connectivity index (χ1) is 17.3. The zero-order valence-corrected chi connectivity index (χ0v) is 21.9. The van der Waals surface area contributed by atoms with Crippen LogP contribution < -0.4 is 14.4 Å². The number of para-hydroxylation sites is 1. The number of nitrogens with one attached hydrogen (secondary N) is 1. The average molecular weight is 507 g/mol. The van der Waals surface area contributed by atoms with E-state index in [2.05, 4.69) is 23.5 Å². The van der Waals surface area contributed by atoms with Gasteiger partial charge < -0.3 is 10.1 Å². The molecule has 6 nitrogen and oxygen atoms in total. The summed E-state index contributed by atoms with van der Waals surface area (Å²) in [6, 6.07) is 21.4. The number of fused-ring (bicyclic) bond motifs is 1. The van der Waals surface area contributed by atoms with Gasteiger partial charge in [0.25, 0.3) is 0 Å². The first-order valence-electron chi connectivity index (χ1n) is 12.5. The molecule has 0 radical (unpaired) electrons. The molecule has 0 aromatic heterocycles. The highest BCUT2D eigenvalue weighted by Crippen LogP contribution is 2.29. The van der Waals surface area contributed by atoms with Gasteiger partial charge in [0.15, 0.2) is 0 Å². The minimum atomic E-state index is -3.72. The Morgan fingerprint density at radius 2 is 1.58 bits per heavy atom. The molecule has 0 heterocycles. The van der Waals surface area contributed by atoms with Gasteiger partial charge in [0, 0.05) is 0 Å². The second kappa shape index (κ2) is 11.2. The second-order valence-electron chi connectivity index (χ2n) is 9.35. The van der Waals surface area contributed by atoms with Crippen LogP contribution in [0.3, 0.4) is 0 Å². The van der Waals surface area contributed by atoms with Gasteiger partial charge in [0.05, 0.1) is 18.0 Å². The maximum absolute atomic E-state index is 13.3. The lowest BCUT2D eigenvalue weighted by Gasteiger charge is -2.30. The lowest BCUT2D eigenvalue weighted by Crippen LogP contribution is -2.48. The van der Waals surface area contributed by atoms with E-state index >= 15 is 0 Å². The molecular formula is C29H34N2O4S. The molecule has 1 aliphatic rings. The van der Waals surface area contributed by atoms with E-state index in [1.807, 2.05) is 37.3 Å². The van der Waals surface area contributed by atoms with E-state index in [1.54, 1.807) is 31.2 Å². The SMILES string of the molecule is CC[C@H](NC(=O)[C@H](C)N(c1ccc(Oc2ccccc2)cc1)S(C)(=O)=O)c1ccc2c(c1)CCCC2. The zero-order chi connectivity index (χ0) is 25.7. The van der Waals surface area contributed by atoms with E-state index in [-0.39, 0.29) is 11.9 Å². The molecule has 0 saturated heterocycles. The molecule has 7 heteroatoms. The number of nitrogens with zero attached hydrogens (tertiary/aromatic N) is 1. The van der Waals surface area contributed by atoms with Gasteiger partial charge in [-0.05, 0) is 92.1 Å². The predicted molar refractivity (Wildman–Crippen MR) is 144 cm³/mol. The zero-order valence-electron chi connectivity index (χ0n) is 21.1. The third kappa shape index (κ3) is 6.08. The summed E-state index contributed by atoms with van der Waals surface area (Å²) in [5.74, 6) is 0.925. The van der Waals surface area contributed by atoms with Gasteiger partial charge in [0.1, 0.15) is 17.5 Å². The lowest BCUT2D eigenvalue weighted by atomic mass is 9.88. The number of ether oxygens (including phenoxy) is 1. The van der Waals surface area contributed by atoms with Crippen molar-refractivity contribution in [1.82, 2.24) is 5.32 Å². The molecule has 2 atom stereocenters. The largest absolute Gasteiger partial charge is 0.457 e. The number of hydrogen-bond donors (Lipinski definition) is 1. The number of benzene rings is 3. The number of sulfonamides is 1. The fraction of sp³-hybridized carbons (Fsp3) is 0.345. The molecule has 0 aliphatic heterocycles. The number of aryl methyl sites for hydroxylation is 2. The normalized spacial score (nSPS) is 14.9. The molecule has 0 unspecified atom stereocenters. The van der Waals surface area contributed by atoms with Gasteiger partial charge in [-0.15, -0.1) is 0 Å². The number of carbonyl (C=O) groups excluding carboxylic acids is 1. The monoisotopic (exact) mass is 506 g/mol. The summed E-state index contributed by atoms with van der Waals surface area (Å²) in [4.78, 5) is 13.3. The van der Waals surface area contributed by atoms with Crippen LogP contribution in [-0.4, -0.2) is 26.6 Å². The Balaban J connectivity index is 1.51. The minimum absolute atomic E-state index is 0.185. The van der Waals surface area contributed by atoms with Crippen molar-refractivity contribution in [1.29, 1.82) is 0 Å². The topological polar surface area (TPSA) is 75.7 Å². The van der Waals surface area contributed by atoms with Crippen LogP contribution in [0.5, 0.6) is 11.5 Å². The van der Waals surface area contributed by atoms with Crippen molar-refractivity contribution in [2.75, 3.05) is 10.6 Å². The molecule has 0 bridgehead atoms. The van der Waals surface area contributed by atoms with Crippen LogP contribution in [-0.2, 0) is 27.7 Å². The molecule has 3 aromatic carbocycles. The highest BCUT2D eigenvalue weighted by molar-refractivity contribution is 7.92. The summed E-state index contributed by atoms with van der Waals surface area (Å²) >= 11 is 0. The summed E-state index contributed by atoms with van der Waals surface area (Å²) < 4.78 is 32.5. The molecule has 3 aromatic rings. The Bertz CT molecular complexity index is 1290. The van der Waals surface area contributed by atoms with Crippen LogP contribution in [0.1, 0.15) is 55.8 Å². The van der Waals surface area contributed by atoms with Gasteiger partial charge in [-0.1, -0.05) is 43.3 Å². The Labute approximate surface area is 214 Å². The fourth-order valence-electron chi connectivity index (χ4n) is 4.78. The van der Waals surface area contributed by atoms with E-state index in [9.17, 15) is 13.2 Å². The Morgan fingerprint density at radius 3 is 2.22 bits per heavy atom. The number of hydrogen-bond acceptors (Lipinski definition) is 4. The maximum Gasteiger partial charge on any atom is 0.244 e. The Hall–Kier alpha value is -3.32. The number of amides is 1. The molecule has 190 valence electrons. The van der Waals surface area contributed by atoms with Crippen LogP contribution in [0.15, 0.2) is 72.8 Å².